The first-order valence-corrected chi connectivity index (χ1v) is 4.27. The Morgan fingerprint density at radius 3 is 1.57 bits per heavy atom. The van der Waals surface area contributed by atoms with Crippen LogP contribution in [0.5, 0.6) is 0 Å². The van der Waals surface area contributed by atoms with Crippen molar-refractivity contribution in [2.75, 3.05) is 14.2 Å². The van der Waals surface area contributed by atoms with E-state index < -0.39 is 5.97 Å². The van der Waals surface area contributed by atoms with Gasteiger partial charge < -0.3 is 14.2 Å². The van der Waals surface area contributed by atoms with Crippen LogP contribution in [0.3, 0.4) is 0 Å². The summed E-state index contributed by atoms with van der Waals surface area (Å²) < 4.78 is 51.5. The molecule has 0 unspecified atom stereocenters. The Kier molecular flexibility index (Phi) is 69.1. The summed E-state index contributed by atoms with van der Waals surface area (Å²) in [6.07, 6.45) is 3.02. The molecule has 0 aromatic heterocycles. The molecule has 1 aliphatic rings. The minimum Gasteiger partial charge on any atom is 0 e. The van der Waals surface area contributed by atoms with Crippen LogP contribution >= 0.6 is 0 Å². The van der Waals surface area contributed by atoms with Gasteiger partial charge in [0, 0.05) is 23.4 Å². The molecule has 0 fully saturated rings. The molecule has 1 heterocycles. The molecule has 23 heavy (non-hydrogen) atoms. The van der Waals surface area contributed by atoms with Gasteiger partial charge in [0.15, 0.2) is 0 Å². The van der Waals surface area contributed by atoms with Gasteiger partial charge in [-0.25, -0.2) is 4.79 Å². The summed E-state index contributed by atoms with van der Waals surface area (Å²) >= 11 is 0. The van der Waals surface area contributed by atoms with Crippen LogP contribution in [0.1, 0.15) is 0 Å². The summed E-state index contributed by atoms with van der Waals surface area (Å²) in [7, 11) is 2.75. The van der Waals surface area contributed by atoms with Crippen molar-refractivity contribution < 1.29 is 59.6 Å². The minimum absolute atomic E-state index is 0. The third-order valence-corrected chi connectivity index (χ3v) is 1.25. The molecule has 0 aliphatic carbocycles. The number of allylic oxidation sites excluding steroid dienone is 2. The third kappa shape index (κ3) is 25.1. The Morgan fingerprint density at radius 2 is 1.35 bits per heavy atom. The van der Waals surface area contributed by atoms with Crippen molar-refractivity contribution >= 4 is 5.97 Å². The van der Waals surface area contributed by atoms with Crippen LogP contribution < -0.4 is 0 Å². The average molecular weight is 360 g/mol. The fourth-order valence-electron chi connectivity index (χ4n) is 0.654. The zero-order valence-corrected chi connectivity index (χ0v) is 13.0. The maximum atomic E-state index is 10.9. The largest absolute Gasteiger partial charge is 0 e. The molecular formula is C13H8CrO9. The van der Waals surface area contributed by atoms with Crippen LogP contribution in [-0.2, 0) is 59.6 Å². The summed E-state index contributed by atoms with van der Waals surface area (Å²) in [4.78, 5) is 10.9. The number of ether oxygens (including phenoxy) is 3. The van der Waals surface area contributed by atoms with Crippen molar-refractivity contribution in [1.82, 2.24) is 0 Å². The van der Waals surface area contributed by atoms with E-state index in [4.69, 9.17) is 32.7 Å². The number of hydrogen-bond donors (Lipinski definition) is 0. The van der Waals surface area contributed by atoms with E-state index in [-0.39, 0.29) is 22.9 Å². The van der Waals surface area contributed by atoms with Crippen molar-refractivity contribution in [2.45, 2.75) is 0 Å². The molecule has 1 aliphatic heterocycles. The van der Waals surface area contributed by atoms with E-state index in [1.165, 1.54) is 26.4 Å². The normalized spacial score (nSPS) is 8.52. The summed E-state index contributed by atoms with van der Waals surface area (Å²) in [5.74, 6) is -0.191. The van der Waals surface area contributed by atoms with Crippen LogP contribution in [-0.4, -0.2) is 20.2 Å². The zero-order valence-electron chi connectivity index (χ0n) is 11.7. The van der Waals surface area contributed by atoms with E-state index in [9.17, 15) is 4.79 Å². The van der Waals surface area contributed by atoms with Gasteiger partial charge in [-0.2, -0.15) is 0 Å². The first kappa shape index (κ1) is 37.2. The summed E-state index contributed by atoms with van der Waals surface area (Å²) in [5.41, 5.74) is 0.235. The molecule has 0 spiro atoms. The number of carbonyl (C=O) groups is 1. The van der Waals surface area contributed by atoms with Gasteiger partial charge in [-0.3, -0.25) is 0 Å². The first-order chi connectivity index (χ1) is 10.8. The van der Waals surface area contributed by atoms with Gasteiger partial charge in [0.25, 0.3) is 5.95 Å². The Morgan fingerprint density at radius 1 is 0.957 bits per heavy atom. The van der Waals surface area contributed by atoms with Gasteiger partial charge in [0.1, 0.15) is 0 Å². The van der Waals surface area contributed by atoms with Gasteiger partial charge >= 0.3 is 62.5 Å². The fraction of sp³-hybridized carbons (Fsp3) is 0.154. The van der Waals surface area contributed by atoms with Crippen LogP contribution in [0.2, 0.25) is 0 Å². The number of hydrogen-bond acceptors (Lipinski definition) is 4. The van der Waals surface area contributed by atoms with E-state index in [1.54, 1.807) is 0 Å². The number of rotatable bonds is 2. The molecule has 10 heteroatoms. The van der Waals surface area contributed by atoms with E-state index in [0.717, 1.165) is 0 Å². The average Bonchev–Trinajstić information content (AvgIpc) is 2.69. The molecule has 0 N–H and O–H groups in total. The van der Waals surface area contributed by atoms with E-state index in [2.05, 4.69) is 44.6 Å². The van der Waals surface area contributed by atoms with Gasteiger partial charge in [-0.1, -0.05) is 0 Å². The van der Waals surface area contributed by atoms with Crippen molar-refractivity contribution in [3.8, 4) is 0 Å². The quantitative estimate of drug-likeness (QED) is 0.400. The molecule has 0 saturated heterocycles. The van der Waals surface area contributed by atoms with Crippen molar-refractivity contribution in [3.05, 3.63) is 63.5 Å². The molecule has 120 valence electrons. The van der Waals surface area contributed by atoms with E-state index >= 15 is 0 Å². The first-order valence-electron chi connectivity index (χ1n) is 4.27. The number of methoxy groups -OCH3 is 2. The maximum absolute atomic E-state index is 10.9. The van der Waals surface area contributed by atoms with Crippen LogP contribution in [0, 0.1) is 39.9 Å². The number of esters is 1. The fourth-order valence-corrected chi connectivity index (χ4v) is 0.654. The van der Waals surface area contributed by atoms with Crippen LogP contribution in [0.4, 0.5) is 0 Å². The summed E-state index contributed by atoms with van der Waals surface area (Å²) in [6, 6.07) is 0. The van der Waals surface area contributed by atoms with E-state index in [1.807, 2.05) is 0 Å². The molecule has 0 atom stereocenters. The van der Waals surface area contributed by atoms with Gasteiger partial charge in [-0.15, -0.1) is 0 Å². The molecule has 0 aromatic rings. The maximum Gasteiger partial charge on any atom is 0 e. The molecule has 2 radical (unpaired) electrons. The smallest absolute Gasteiger partial charge is 0 e. The molecule has 0 saturated carbocycles. The standard InChI is InChI=1S/C8H8O4.5CO.Cr/c1-10-7-4-3-6(5-12-7)8(9)11-2;5*1-2;/h3-4H,1-2H3;;;;;;. The molecule has 0 bridgehead atoms. The van der Waals surface area contributed by atoms with Crippen LogP contribution in [0.25, 0.3) is 0 Å². The molecule has 1 rings (SSSR count). The summed E-state index contributed by atoms with van der Waals surface area (Å²) in [6.45, 7) is 24.9. The third-order valence-electron chi connectivity index (χ3n) is 1.25. The zero-order chi connectivity index (χ0) is 19.0. The molecule has 9 nitrogen and oxygen atoms in total. The number of carbonyl (C=O) groups excluding carboxylic acids is 1. The van der Waals surface area contributed by atoms with E-state index in [0.29, 0.717) is 5.95 Å². The predicted octanol–water partition coefficient (Wildman–Crippen LogP) is 0.453. The summed E-state index contributed by atoms with van der Waals surface area (Å²) in [5, 5.41) is 0. The monoisotopic (exact) mass is 360 g/mol. The molecule has 0 aromatic carbocycles. The Bertz CT molecular complexity index is 392. The predicted molar refractivity (Wildman–Crippen MR) is 59.2 cm³/mol. The van der Waals surface area contributed by atoms with Gasteiger partial charge in [0.05, 0.1) is 19.8 Å². The van der Waals surface area contributed by atoms with Gasteiger partial charge in [0.2, 0.25) is 6.61 Å². The van der Waals surface area contributed by atoms with Crippen molar-refractivity contribution in [1.29, 1.82) is 0 Å². The second-order valence-corrected chi connectivity index (χ2v) is 1.97. The minimum atomic E-state index is -0.485. The second-order valence-electron chi connectivity index (χ2n) is 1.97. The Hall–Kier alpha value is -2.22. The second kappa shape index (κ2) is 42.7. The van der Waals surface area contributed by atoms with Crippen LogP contribution in [0.15, 0.2) is 23.7 Å². The Balaban J connectivity index is -0.0000000565. The SMILES string of the molecule is COC(=O)C1=CC=C(OC)O[C]1.[C-]#[O+].[C-]#[O+].[C-]#[O+].[C-]#[O+].[C-]#[O+].[Cr]. The van der Waals surface area contributed by atoms with Crippen molar-refractivity contribution in [2.24, 2.45) is 0 Å². The molecule has 0 amide bonds. The van der Waals surface area contributed by atoms with Gasteiger partial charge in [-0.05, 0) is 6.08 Å². The molecular weight excluding hydrogens is 352 g/mol. The van der Waals surface area contributed by atoms with Crippen molar-refractivity contribution in [3.63, 3.8) is 0 Å². The topological polar surface area (TPSA) is 144 Å². The Labute approximate surface area is 144 Å².